The van der Waals surface area contributed by atoms with Crippen LogP contribution < -0.4 is 15.2 Å². The highest BCUT2D eigenvalue weighted by Crippen LogP contribution is 2.33. The van der Waals surface area contributed by atoms with E-state index in [1.165, 1.54) is 0 Å². The molecule has 1 heterocycles. The molecule has 0 aliphatic heterocycles. The van der Waals surface area contributed by atoms with Crippen LogP contribution in [0.3, 0.4) is 0 Å². The summed E-state index contributed by atoms with van der Waals surface area (Å²) in [5.74, 6) is 2.96. The Morgan fingerprint density at radius 2 is 1.90 bits per heavy atom. The van der Waals surface area contributed by atoms with Gasteiger partial charge in [0, 0.05) is 6.04 Å². The molecule has 4 nitrogen and oxygen atoms in total. The van der Waals surface area contributed by atoms with Gasteiger partial charge in [-0.1, -0.05) is 13.0 Å². The third-order valence-corrected chi connectivity index (χ3v) is 3.47. The van der Waals surface area contributed by atoms with Crippen LogP contribution in [-0.4, -0.2) is 13.2 Å². The molecule has 21 heavy (non-hydrogen) atoms. The van der Waals surface area contributed by atoms with Gasteiger partial charge < -0.3 is 19.6 Å². The largest absolute Gasteiger partial charge is 0.493 e. The Morgan fingerprint density at radius 3 is 2.48 bits per heavy atom. The molecule has 0 aliphatic rings. The maximum Gasteiger partial charge on any atom is 0.171 e. The Labute approximate surface area is 125 Å². The van der Waals surface area contributed by atoms with Crippen molar-refractivity contribution in [2.24, 2.45) is 5.73 Å². The van der Waals surface area contributed by atoms with Crippen molar-refractivity contribution in [2.75, 3.05) is 7.11 Å². The smallest absolute Gasteiger partial charge is 0.171 e. The summed E-state index contributed by atoms with van der Waals surface area (Å²) in [5, 5.41) is 0. The van der Waals surface area contributed by atoms with Crippen LogP contribution >= 0.6 is 0 Å². The van der Waals surface area contributed by atoms with Crippen LogP contribution in [0, 0.1) is 13.8 Å². The van der Waals surface area contributed by atoms with E-state index in [9.17, 15) is 0 Å². The quantitative estimate of drug-likeness (QED) is 0.879. The van der Waals surface area contributed by atoms with Gasteiger partial charge in [0.2, 0.25) is 0 Å². The van der Waals surface area contributed by atoms with E-state index in [1.807, 2.05) is 51.1 Å². The average Bonchev–Trinajstić information content (AvgIpc) is 2.91. The van der Waals surface area contributed by atoms with E-state index in [4.69, 9.17) is 19.6 Å². The van der Waals surface area contributed by atoms with Crippen molar-refractivity contribution < 1.29 is 13.9 Å². The molecule has 2 atom stereocenters. The van der Waals surface area contributed by atoms with Crippen LogP contribution in [0.15, 0.2) is 34.7 Å². The van der Waals surface area contributed by atoms with E-state index in [2.05, 4.69) is 0 Å². The molecular formula is C17H23NO3. The van der Waals surface area contributed by atoms with E-state index >= 15 is 0 Å². The molecular weight excluding hydrogens is 266 g/mol. The highest BCUT2D eigenvalue weighted by Gasteiger charge is 2.25. The van der Waals surface area contributed by atoms with Crippen LogP contribution in [0.25, 0.3) is 0 Å². The highest BCUT2D eigenvalue weighted by molar-refractivity contribution is 5.43. The Hall–Kier alpha value is -1.94. The Morgan fingerprint density at radius 1 is 1.14 bits per heavy atom. The maximum atomic E-state index is 6.20. The SMILES string of the molecule is CCC(N)C(Oc1ccc(C)cc1OC)c1ccc(C)o1. The number of rotatable bonds is 6. The van der Waals surface area contributed by atoms with Gasteiger partial charge in [-0.25, -0.2) is 0 Å². The predicted molar refractivity (Wildman–Crippen MR) is 82.8 cm³/mol. The summed E-state index contributed by atoms with van der Waals surface area (Å²) >= 11 is 0. The average molecular weight is 289 g/mol. The van der Waals surface area contributed by atoms with Gasteiger partial charge in [-0.3, -0.25) is 0 Å². The van der Waals surface area contributed by atoms with Gasteiger partial charge in [-0.2, -0.15) is 0 Å². The minimum Gasteiger partial charge on any atom is -0.493 e. The molecule has 0 fully saturated rings. The van der Waals surface area contributed by atoms with Gasteiger partial charge in [0.05, 0.1) is 7.11 Å². The molecule has 0 bridgehead atoms. The van der Waals surface area contributed by atoms with Crippen molar-refractivity contribution in [2.45, 2.75) is 39.3 Å². The molecule has 0 spiro atoms. The first-order chi connectivity index (χ1) is 10.0. The second-order valence-corrected chi connectivity index (χ2v) is 5.21. The number of hydrogen-bond donors (Lipinski definition) is 1. The van der Waals surface area contributed by atoms with Crippen LogP contribution in [0.4, 0.5) is 0 Å². The summed E-state index contributed by atoms with van der Waals surface area (Å²) in [6.45, 7) is 5.95. The number of aryl methyl sites for hydroxylation is 2. The Balaban J connectivity index is 2.31. The molecule has 2 aromatic rings. The number of ether oxygens (including phenoxy) is 2. The zero-order chi connectivity index (χ0) is 15.4. The molecule has 0 radical (unpaired) electrons. The molecule has 0 amide bonds. The van der Waals surface area contributed by atoms with Crippen LogP contribution in [0.2, 0.25) is 0 Å². The minimum atomic E-state index is -0.333. The zero-order valence-electron chi connectivity index (χ0n) is 13.1. The van der Waals surface area contributed by atoms with Crippen molar-refractivity contribution in [3.63, 3.8) is 0 Å². The van der Waals surface area contributed by atoms with E-state index in [1.54, 1.807) is 7.11 Å². The second-order valence-electron chi connectivity index (χ2n) is 5.21. The molecule has 2 unspecified atom stereocenters. The summed E-state index contributed by atoms with van der Waals surface area (Å²) < 4.78 is 17.2. The Bertz CT molecular complexity index is 591. The van der Waals surface area contributed by atoms with Crippen molar-refractivity contribution in [3.05, 3.63) is 47.4 Å². The van der Waals surface area contributed by atoms with Gasteiger partial charge in [-0.15, -0.1) is 0 Å². The second kappa shape index (κ2) is 6.68. The number of methoxy groups -OCH3 is 1. The molecule has 2 N–H and O–H groups in total. The molecule has 0 saturated carbocycles. The molecule has 0 aliphatic carbocycles. The standard InChI is InChI=1S/C17H23NO3/c1-5-13(18)17(15-9-7-12(3)20-15)21-14-8-6-11(2)10-16(14)19-4/h6-10,13,17H,5,18H2,1-4H3. The minimum absolute atomic E-state index is 0.151. The molecule has 4 heteroatoms. The van der Waals surface area contributed by atoms with Gasteiger partial charge in [0.1, 0.15) is 11.5 Å². The topological polar surface area (TPSA) is 57.6 Å². The maximum absolute atomic E-state index is 6.20. The van der Waals surface area contributed by atoms with Gasteiger partial charge in [0.15, 0.2) is 17.6 Å². The van der Waals surface area contributed by atoms with Gasteiger partial charge in [0.25, 0.3) is 0 Å². The monoisotopic (exact) mass is 289 g/mol. The van der Waals surface area contributed by atoms with Crippen LogP contribution in [0.1, 0.15) is 36.5 Å². The van der Waals surface area contributed by atoms with E-state index in [-0.39, 0.29) is 12.1 Å². The van der Waals surface area contributed by atoms with Crippen LogP contribution in [-0.2, 0) is 0 Å². The van der Waals surface area contributed by atoms with Crippen molar-refractivity contribution in [1.29, 1.82) is 0 Å². The fraction of sp³-hybridized carbons (Fsp3) is 0.412. The lowest BCUT2D eigenvalue weighted by Crippen LogP contribution is -2.31. The lowest BCUT2D eigenvalue weighted by molar-refractivity contribution is 0.138. The first-order valence-electron chi connectivity index (χ1n) is 7.18. The van der Waals surface area contributed by atoms with E-state index in [0.29, 0.717) is 11.5 Å². The zero-order valence-corrected chi connectivity index (χ0v) is 13.1. The molecule has 2 rings (SSSR count). The molecule has 114 valence electrons. The van der Waals surface area contributed by atoms with Crippen molar-refractivity contribution in [1.82, 2.24) is 0 Å². The first-order valence-corrected chi connectivity index (χ1v) is 7.18. The third kappa shape index (κ3) is 3.58. The summed E-state index contributed by atoms with van der Waals surface area (Å²) in [7, 11) is 1.63. The summed E-state index contributed by atoms with van der Waals surface area (Å²) in [6.07, 6.45) is 0.457. The van der Waals surface area contributed by atoms with E-state index < -0.39 is 0 Å². The first kappa shape index (κ1) is 15.4. The number of nitrogens with two attached hydrogens (primary N) is 1. The fourth-order valence-electron chi connectivity index (χ4n) is 2.19. The van der Waals surface area contributed by atoms with Crippen molar-refractivity contribution >= 4 is 0 Å². The van der Waals surface area contributed by atoms with Crippen molar-refractivity contribution in [3.8, 4) is 11.5 Å². The lowest BCUT2D eigenvalue weighted by atomic mass is 10.1. The summed E-state index contributed by atoms with van der Waals surface area (Å²) in [5.41, 5.74) is 7.32. The normalized spacial score (nSPS) is 13.8. The van der Waals surface area contributed by atoms with Crippen LogP contribution in [0.5, 0.6) is 11.5 Å². The predicted octanol–water partition coefficient (Wildman–Crippen LogP) is 3.76. The number of benzene rings is 1. The Kier molecular flexibility index (Phi) is 4.91. The summed E-state index contributed by atoms with van der Waals surface area (Å²) in [4.78, 5) is 0. The fourth-order valence-corrected chi connectivity index (χ4v) is 2.19. The summed E-state index contributed by atoms with van der Waals surface area (Å²) in [6, 6.07) is 9.51. The number of furan rings is 1. The lowest BCUT2D eigenvalue weighted by Gasteiger charge is -2.23. The highest BCUT2D eigenvalue weighted by atomic mass is 16.5. The third-order valence-electron chi connectivity index (χ3n) is 3.47. The molecule has 0 saturated heterocycles. The van der Waals surface area contributed by atoms with Gasteiger partial charge >= 0.3 is 0 Å². The van der Waals surface area contributed by atoms with E-state index in [0.717, 1.165) is 23.5 Å². The number of hydrogen-bond acceptors (Lipinski definition) is 4. The molecule has 1 aromatic heterocycles. The molecule has 1 aromatic carbocycles. The van der Waals surface area contributed by atoms with Gasteiger partial charge in [-0.05, 0) is 50.1 Å².